The van der Waals surface area contributed by atoms with Crippen molar-refractivity contribution in [3.63, 3.8) is 0 Å². The molecule has 6 heterocycles. The van der Waals surface area contributed by atoms with Gasteiger partial charge in [0.25, 0.3) is 0 Å². The number of rotatable bonds is 29. The van der Waals surface area contributed by atoms with Crippen LogP contribution in [-0.4, -0.2) is 254 Å². The number of carbonyl (C=O) groups excluding carboxylic acids is 4. The molecule has 0 aliphatic carbocycles. The molecule has 6 aliphatic rings. The fraction of sp³-hybridized carbons (Fsp3) is 0.940. The van der Waals surface area contributed by atoms with E-state index in [1.54, 1.807) is 6.92 Å². The SMILES string of the molecule is CCCCCCCCCCCC(=O)O[C@H]1[C@H](O[C@@H]2[C@@H](O)[C@H]3OC(=O)CCCCCCCCC[C@H](CCCCC)O[C@@H]4O[C@H](CO)[C@@H](O)[C@H](O)[C@H]4O[C@@H]3O[C@H]2C)O[C@@H](C)[C@H](O[C@@H]2O[C@@H](C)[C@H](OC(=O)CCC)[C@@H](OC(=O)[C@H](C)[C@H](C)O)[C@H]2O[C@@H]2O[C@H](CO)[C@@H](O)[C@H](O)[C@H]2O)[C@H]1O. The Morgan fingerprint density at radius 1 is 0.463 bits per heavy atom. The van der Waals surface area contributed by atoms with Gasteiger partial charge >= 0.3 is 23.9 Å². The van der Waals surface area contributed by atoms with Gasteiger partial charge in [-0.05, 0) is 66.7 Å². The molecule has 28 atom stereocenters. The highest BCUT2D eigenvalue weighted by Gasteiger charge is 2.59. The smallest absolute Gasteiger partial charge is 0.311 e. The van der Waals surface area contributed by atoms with Crippen LogP contribution in [-0.2, 0) is 85.5 Å². The molecule has 0 unspecified atom stereocenters. The third kappa shape index (κ3) is 23.3. The molecular weight excluding hydrogens is 1250 g/mol. The molecule has 28 heteroatoms. The number of carbonyl (C=O) groups is 4. The van der Waals surface area contributed by atoms with Gasteiger partial charge in [0.2, 0.25) is 0 Å². The maximum Gasteiger partial charge on any atom is 0.311 e. The summed E-state index contributed by atoms with van der Waals surface area (Å²) in [6, 6.07) is 0. The van der Waals surface area contributed by atoms with Crippen LogP contribution in [0.15, 0.2) is 0 Å². The highest BCUT2D eigenvalue weighted by molar-refractivity contribution is 5.73. The lowest BCUT2D eigenvalue weighted by atomic mass is 9.95. The minimum absolute atomic E-state index is 0.0607. The van der Waals surface area contributed by atoms with Gasteiger partial charge in [0.1, 0.15) is 73.2 Å². The molecule has 28 nitrogen and oxygen atoms in total. The van der Waals surface area contributed by atoms with Crippen LogP contribution < -0.4 is 0 Å². The zero-order valence-electron chi connectivity index (χ0n) is 57.1. The van der Waals surface area contributed by atoms with E-state index >= 15 is 0 Å². The van der Waals surface area contributed by atoms with E-state index in [0.29, 0.717) is 38.5 Å². The van der Waals surface area contributed by atoms with Crippen LogP contribution in [0.25, 0.3) is 0 Å². The van der Waals surface area contributed by atoms with Crippen LogP contribution in [0.5, 0.6) is 0 Å². The van der Waals surface area contributed by atoms with Crippen molar-refractivity contribution < 1.29 is 137 Å². The molecule has 6 fully saturated rings. The lowest BCUT2D eigenvalue weighted by Crippen LogP contribution is -2.68. The van der Waals surface area contributed by atoms with Gasteiger partial charge in [0, 0.05) is 19.3 Å². The topological polar surface area (TPSA) is 400 Å². The van der Waals surface area contributed by atoms with Crippen molar-refractivity contribution in [3.05, 3.63) is 0 Å². The van der Waals surface area contributed by atoms with E-state index in [4.69, 9.17) is 66.3 Å². The highest BCUT2D eigenvalue weighted by Crippen LogP contribution is 2.40. The lowest BCUT2D eigenvalue weighted by molar-refractivity contribution is -0.396. The van der Waals surface area contributed by atoms with Crippen molar-refractivity contribution in [2.75, 3.05) is 13.2 Å². The molecule has 0 spiro atoms. The molecule has 6 saturated heterocycles. The van der Waals surface area contributed by atoms with E-state index in [9.17, 15) is 70.2 Å². The van der Waals surface area contributed by atoms with Gasteiger partial charge in [-0.15, -0.1) is 0 Å². The Morgan fingerprint density at radius 3 is 1.61 bits per heavy atom. The largest absolute Gasteiger partial charge is 0.455 e. The number of hydrogen-bond donors (Lipinski definition) is 10. The summed E-state index contributed by atoms with van der Waals surface area (Å²) >= 11 is 0. The average Bonchev–Trinajstić information content (AvgIpc) is 0.785. The summed E-state index contributed by atoms with van der Waals surface area (Å²) in [5, 5.41) is 112. The third-order valence-electron chi connectivity index (χ3n) is 19.0. The Balaban J connectivity index is 1.35. The zero-order chi connectivity index (χ0) is 69.5. The molecule has 0 aromatic carbocycles. The standard InChI is InChI=1S/C67H116O28/c1-9-12-14-15-16-17-20-23-27-32-45(72)89-58-53(80)55(93-67-61(95-63-51(78)49(76)47(74)42(34-68)86-63)60(91-62(81)36(4)37(5)70)56(40(8)84-67)88-44(71)29-11-3)39(7)82-64(58)92-54-38(6)83-65-59(52(54)79)90-46(73)33-28-24-21-18-19-22-26-31-41(30-25-13-10-2)85-66-57(94-65)50(77)48(75)43(35-69)87-66/h36-43,47-61,63-70,74-80H,9-35H2,1-8H3/t36-,37+,38+,39+,40+,41+,42-,43-,47-,48-,49+,50+,51-,52-,53-,54+,55+,56+,57-,58-,59-,60-,61-,63+,64+,65+,66-,67+/m1/s1. The molecular formula is C67H116O28. The van der Waals surface area contributed by atoms with E-state index in [2.05, 4.69) is 13.8 Å². The van der Waals surface area contributed by atoms with E-state index in [0.717, 1.165) is 103 Å². The number of ether oxygens (including phenoxy) is 14. The molecule has 0 bridgehead atoms. The van der Waals surface area contributed by atoms with E-state index in [1.165, 1.54) is 34.6 Å². The Hall–Kier alpha value is -2.92. The van der Waals surface area contributed by atoms with E-state index < -0.39 is 203 Å². The van der Waals surface area contributed by atoms with Gasteiger partial charge in [-0.25, -0.2) is 0 Å². The second-order valence-corrected chi connectivity index (χ2v) is 26.8. The molecule has 95 heavy (non-hydrogen) atoms. The number of unbranched alkanes of at least 4 members (excludes halogenated alkanes) is 10. The molecule has 10 N–H and O–H groups in total. The summed E-state index contributed by atoms with van der Waals surface area (Å²) in [5.74, 6) is -4.47. The third-order valence-corrected chi connectivity index (χ3v) is 19.0. The monoisotopic (exact) mass is 1370 g/mol. The van der Waals surface area contributed by atoms with Crippen molar-refractivity contribution in [2.24, 2.45) is 5.92 Å². The first-order chi connectivity index (χ1) is 45.5. The van der Waals surface area contributed by atoms with Gasteiger partial charge in [-0.2, -0.15) is 0 Å². The van der Waals surface area contributed by atoms with Crippen molar-refractivity contribution in [1.82, 2.24) is 0 Å². The number of hydrogen-bond acceptors (Lipinski definition) is 28. The van der Waals surface area contributed by atoms with Crippen molar-refractivity contribution in [1.29, 1.82) is 0 Å². The highest BCUT2D eigenvalue weighted by atomic mass is 16.8. The molecule has 0 saturated carbocycles. The predicted octanol–water partition coefficient (Wildman–Crippen LogP) is 3.60. The normalized spacial score (nSPS) is 39.4. The number of aliphatic hydroxyl groups is 10. The summed E-state index contributed by atoms with van der Waals surface area (Å²) in [6.07, 6.45) is -25.2. The maximum atomic E-state index is 14.1. The molecule has 0 aromatic heterocycles. The molecule has 552 valence electrons. The molecule has 0 amide bonds. The van der Waals surface area contributed by atoms with Gasteiger partial charge in [0.05, 0.1) is 49.7 Å². The van der Waals surface area contributed by atoms with Gasteiger partial charge < -0.3 is 117 Å². The zero-order valence-corrected chi connectivity index (χ0v) is 57.1. The first kappa shape index (κ1) is 81.0. The van der Waals surface area contributed by atoms with Crippen LogP contribution in [0.2, 0.25) is 0 Å². The number of aliphatic hydroxyl groups excluding tert-OH is 10. The molecule has 6 rings (SSSR count). The first-order valence-corrected chi connectivity index (χ1v) is 35.5. The van der Waals surface area contributed by atoms with Crippen LogP contribution >= 0.6 is 0 Å². The summed E-state index contributed by atoms with van der Waals surface area (Å²) in [6.45, 7) is 11.5. The second-order valence-electron chi connectivity index (χ2n) is 26.8. The Bertz CT molecular complexity index is 2210. The van der Waals surface area contributed by atoms with Crippen molar-refractivity contribution in [2.45, 2.75) is 382 Å². The lowest BCUT2D eigenvalue weighted by Gasteiger charge is -2.50. The summed E-state index contributed by atoms with van der Waals surface area (Å²) in [4.78, 5) is 55.3. The predicted molar refractivity (Wildman–Crippen MR) is 334 cm³/mol. The maximum absolute atomic E-state index is 14.1. The van der Waals surface area contributed by atoms with Crippen molar-refractivity contribution >= 4 is 23.9 Å². The first-order valence-electron chi connectivity index (χ1n) is 35.5. The number of fused-ring (bicyclic) bond motifs is 2. The second kappa shape index (κ2) is 41.1. The average molecular weight is 1370 g/mol. The minimum atomic E-state index is -2.05. The summed E-state index contributed by atoms with van der Waals surface area (Å²) < 4.78 is 87.9. The molecule has 6 aliphatic heterocycles. The quantitative estimate of drug-likeness (QED) is 0.0290. The fourth-order valence-electron chi connectivity index (χ4n) is 12.9. The Labute approximate surface area is 559 Å². The van der Waals surface area contributed by atoms with Gasteiger partial charge in [0.15, 0.2) is 62.0 Å². The Morgan fingerprint density at radius 2 is 0.979 bits per heavy atom. The summed E-state index contributed by atoms with van der Waals surface area (Å²) in [7, 11) is 0. The minimum Gasteiger partial charge on any atom is -0.455 e. The molecule has 0 aromatic rings. The van der Waals surface area contributed by atoms with Crippen LogP contribution in [0.1, 0.15) is 216 Å². The van der Waals surface area contributed by atoms with E-state index in [-0.39, 0.29) is 25.4 Å². The number of esters is 4. The van der Waals surface area contributed by atoms with Crippen molar-refractivity contribution in [3.8, 4) is 0 Å². The molecule has 0 radical (unpaired) electrons. The van der Waals surface area contributed by atoms with E-state index in [1.807, 2.05) is 0 Å². The summed E-state index contributed by atoms with van der Waals surface area (Å²) in [5.41, 5.74) is 0. The Kier molecular flexibility index (Phi) is 35.1. The van der Waals surface area contributed by atoms with Crippen LogP contribution in [0, 0.1) is 5.92 Å². The van der Waals surface area contributed by atoms with Gasteiger partial charge in [-0.1, -0.05) is 130 Å². The van der Waals surface area contributed by atoms with Crippen LogP contribution in [0.4, 0.5) is 0 Å². The fourth-order valence-corrected chi connectivity index (χ4v) is 12.9. The van der Waals surface area contributed by atoms with Gasteiger partial charge in [-0.3, -0.25) is 19.2 Å². The van der Waals surface area contributed by atoms with Crippen LogP contribution in [0.3, 0.4) is 0 Å².